The minimum Gasteiger partial charge on any atom is -0.340 e. The monoisotopic (exact) mass is 322 g/mol. The number of hydrogen-bond acceptors (Lipinski definition) is 2. The van der Waals surface area contributed by atoms with Crippen molar-refractivity contribution in [2.24, 2.45) is 5.92 Å². The Morgan fingerprint density at radius 3 is 2.43 bits per heavy atom. The number of carbonyl (C=O) groups is 1. The van der Waals surface area contributed by atoms with Gasteiger partial charge in [0.25, 0.3) is 0 Å². The fourth-order valence-electron chi connectivity index (χ4n) is 3.54. The molecule has 1 saturated heterocycles. The first-order valence-corrected chi connectivity index (χ1v) is 8.46. The van der Waals surface area contributed by atoms with Gasteiger partial charge >= 0.3 is 0 Å². The Kier molecular flexibility index (Phi) is 4.95. The van der Waals surface area contributed by atoms with E-state index in [1.54, 1.807) is 4.90 Å². The highest BCUT2D eigenvalue weighted by Crippen LogP contribution is 2.39. The highest BCUT2D eigenvalue weighted by atomic mass is 19.3. The zero-order chi connectivity index (χ0) is 16.3. The molecule has 1 aromatic carbocycles. The number of amides is 1. The molecule has 1 heterocycles. The van der Waals surface area contributed by atoms with Crippen molar-refractivity contribution in [3.8, 4) is 0 Å². The van der Waals surface area contributed by atoms with Crippen LogP contribution in [0, 0.1) is 5.92 Å². The molecule has 1 aliphatic carbocycles. The molecule has 1 aromatic rings. The van der Waals surface area contributed by atoms with Crippen molar-refractivity contribution >= 4 is 5.91 Å². The van der Waals surface area contributed by atoms with Crippen molar-refractivity contribution < 1.29 is 13.6 Å². The second kappa shape index (κ2) is 6.95. The normalized spacial score (nSPS) is 24.8. The minimum absolute atomic E-state index is 0.0649. The summed E-state index contributed by atoms with van der Waals surface area (Å²) in [4.78, 5) is 16.5. The fourth-order valence-corrected chi connectivity index (χ4v) is 3.54. The number of piperazine rings is 1. The van der Waals surface area contributed by atoms with E-state index in [0.29, 0.717) is 19.5 Å². The van der Waals surface area contributed by atoms with Crippen molar-refractivity contribution in [2.45, 2.75) is 31.6 Å². The molecule has 5 heteroatoms. The van der Waals surface area contributed by atoms with E-state index in [1.165, 1.54) is 5.56 Å². The van der Waals surface area contributed by atoms with Gasteiger partial charge in [-0.1, -0.05) is 30.3 Å². The van der Waals surface area contributed by atoms with E-state index in [9.17, 15) is 13.6 Å². The van der Waals surface area contributed by atoms with Gasteiger partial charge in [0.15, 0.2) is 0 Å². The van der Waals surface area contributed by atoms with Gasteiger partial charge in [0.2, 0.25) is 11.8 Å². The summed E-state index contributed by atoms with van der Waals surface area (Å²) in [7, 11) is 0. The number of alkyl halides is 2. The van der Waals surface area contributed by atoms with Gasteiger partial charge in [-0.05, 0) is 18.4 Å². The van der Waals surface area contributed by atoms with Crippen LogP contribution in [-0.4, -0.2) is 54.4 Å². The van der Waals surface area contributed by atoms with Crippen molar-refractivity contribution in [1.29, 1.82) is 0 Å². The van der Waals surface area contributed by atoms with Crippen molar-refractivity contribution in [1.82, 2.24) is 9.80 Å². The van der Waals surface area contributed by atoms with Crippen LogP contribution in [0.15, 0.2) is 30.3 Å². The highest BCUT2D eigenvalue weighted by molar-refractivity contribution is 5.79. The summed E-state index contributed by atoms with van der Waals surface area (Å²) in [6.07, 6.45) is 0.935. The number of nitrogens with zero attached hydrogens (tertiary/aromatic N) is 2. The van der Waals surface area contributed by atoms with Crippen LogP contribution < -0.4 is 0 Å². The van der Waals surface area contributed by atoms with Gasteiger partial charge in [-0.3, -0.25) is 9.69 Å². The third kappa shape index (κ3) is 4.28. The summed E-state index contributed by atoms with van der Waals surface area (Å²) in [5.74, 6) is -3.18. The predicted octanol–water partition coefficient (Wildman–Crippen LogP) is 2.81. The molecule has 0 radical (unpaired) electrons. The van der Waals surface area contributed by atoms with E-state index in [2.05, 4.69) is 17.0 Å². The van der Waals surface area contributed by atoms with Crippen LogP contribution in [0.4, 0.5) is 8.78 Å². The summed E-state index contributed by atoms with van der Waals surface area (Å²) in [6, 6.07) is 10.4. The molecule has 1 saturated carbocycles. The summed E-state index contributed by atoms with van der Waals surface area (Å²) in [5, 5.41) is 0. The quantitative estimate of drug-likeness (QED) is 0.851. The third-order valence-electron chi connectivity index (χ3n) is 5.00. The van der Waals surface area contributed by atoms with Crippen molar-refractivity contribution in [2.75, 3.05) is 32.7 Å². The lowest BCUT2D eigenvalue weighted by Crippen LogP contribution is -2.50. The number of rotatable bonds is 4. The number of halogens is 2. The molecule has 2 fully saturated rings. The molecule has 0 N–H and O–H groups in total. The maximum absolute atomic E-state index is 13.3. The Hall–Kier alpha value is -1.49. The number of benzene rings is 1. The van der Waals surface area contributed by atoms with Crippen LogP contribution in [0.5, 0.6) is 0 Å². The van der Waals surface area contributed by atoms with Crippen LogP contribution in [0.3, 0.4) is 0 Å². The number of hydrogen-bond donors (Lipinski definition) is 0. The molecule has 1 amide bonds. The third-order valence-corrected chi connectivity index (χ3v) is 5.00. The van der Waals surface area contributed by atoms with Crippen LogP contribution in [-0.2, 0) is 11.2 Å². The first kappa shape index (κ1) is 16.4. The molecular formula is C18H24F2N2O. The Morgan fingerprint density at radius 1 is 1.13 bits per heavy atom. The topological polar surface area (TPSA) is 23.6 Å². The molecular weight excluding hydrogens is 298 g/mol. The lowest BCUT2D eigenvalue weighted by atomic mass is 10.1. The standard InChI is InChI=1S/C18H24F2N2O/c19-18(20)8-6-16(14-18)17(23)22-12-10-21(11-13-22)9-7-15-4-2-1-3-5-15/h1-5,16H,6-14H2. The zero-order valence-corrected chi connectivity index (χ0v) is 13.4. The van der Waals surface area contributed by atoms with Crippen LogP contribution in [0.2, 0.25) is 0 Å². The van der Waals surface area contributed by atoms with Gasteiger partial charge in [-0.15, -0.1) is 0 Å². The fraction of sp³-hybridized carbons (Fsp3) is 0.611. The first-order valence-electron chi connectivity index (χ1n) is 8.46. The van der Waals surface area contributed by atoms with Gasteiger partial charge in [0, 0.05) is 51.5 Å². The van der Waals surface area contributed by atoms with Gasteiger partial charge < -0.3 is 4.90 Å². The average molecular weight is 322 g/mol. The van der Waals surface area contributed by atoms with Gasteiger partial charge in [0.1, 0.15) is 0 Å². The maximum atomic E-state index is 13.3. The lowest BCUT2D eigenvalue weighted by Gasteiger charge is -2.36. The van der Waals surface area contributed by atoms with E-state index < -0.39 is 11.8 Å². The van der Waals surface area contributed by atoms with Gasteiger partial charge in [-0.25, -0.2) is 8.78 Å². The summed E-state index contributed by atoms with van der Waals surface area (Å²) in [5.41, 5.74) is 1.32. The summed E-state index contributed by atoms with van der Waals surface area (Å²) >= 11 is 0. The molecule has 3 rings (SSSR count). The first-order chi connectivity index (χ1) is 11.0. The molecule has 3 nitrogen and oxygen atoms in total. The Morgan fingerprint density at radius 2 is 1.83 bits per heavy atom. The van der Waals surface area contributed by atoms with E-state index >= 15 is 0 Å². The average Bonchev–Trinajstić information content (AvgIpc) is 2.94. The van der Waals surface area contributed by atoms with E-state index in [4.69, 9.17) is 0 Å². The number of carbonyl (C=O) groups excluding carboxylic acids is 1. The Balaban J connectivity index is 1.42. The van der Waals surface area contributed by atoms with Crippen molar-refractivity contribution in [3.05, 3.63) is 35.9 Å². The van der Waals surface area contributed by atoms with Crippen LogP contribution in [0.1, 0.15) is 24.8 Å². The molecule has 1 atom stereocenters. The SMILES string of the molecule is O=C(C1CCC(F)(F)C1)N1CCN(CCc2ccccc2)CC1. The molecule has 126 valence electrons. The second-order valence-electron chi connectivity index (χ2n) is 6.70. The summed E-state index contributed by atoms with van der Waals surface area (Å²) in [6.45, 7) is 3.97. The maximum Gasteiger partial charge on any atom is 0.248 e. The second-order valence-corrected chi connectivity index (χ2v) is 6.70. The summed E-state index contributed by atoms with van der Waals surface area (Å²) < 4.78 is 26.5. The van der Waals surface area contributed by atoms with Crippen LogP contribution in [0.25, 0.3) is 0 Å². The van der Waals surface area contributed by atoms with Gasteiger partial charge in [-0.2, -0.15) is 0 Å². The Labute approximate surface area is 136 Å². The molecule has 1 aliphatic heterocycles. The highest BCUT2D eigenvalue weighted by Gasteiger charge is 2.43. The minimum atomic E-state index is -2.64. The van der Waals surface area contributed by atoms with Crippen molar-refractivity contribution in [3.63, 3.8) is 0 Å². The smallest absolute Gasteiger partial charge is 0.248 e. The van der Waals surface area contributed by atoms with E-state index in [-0.39, 0.29) is 18.7 Å². The zero-order valence-electron chi connectivity index (χ0n) is 13.4. The molecule has 0 aromatic heterocycles. The predicted molar refractivity (Wildman–Crippen MR) is 85.5 cm³/mol. The largest absolute Gasteiger partial charge is 0.340 e. The Bertz CT molecular complexity index is 527. The molecule has 1 unspecified atom stereocenters. The molecule has 23 heavy (non-hydrogen) atoms. The van der Waals surface area contributed by atoms with Crippen LogP contribution >= 0.6 is 0 Å². The van der Waals surface area contributed by atoms with Gasteiger partial charge in [0.05, 0.1) is 0 Å². The lowest BCUT2D eigenvalue weighted by molar-refractivity contribution is -0.138. The van der Waals surface area contributed by atoms with E-state index in [0.717, 1.165) is 26.1 Å². The van der Waals surface area contributed by atoms with E-state index in [1.807, 2.05) is 18.2 Å². The molecule has 0 spiro atoms. The molecule has 0 bridgehead atoms. The molecule has 2 aliphatic rings.